The van der Waals surface area contributed by atoms with Crippen LogP contribution in [0.25, 0.3) is 10.8 Å². The van der Waals surface area contributed by atoms with E-state index in [-0.39, 0.29) is 24.5 Å². The molecule has 4 heteroatoms. The molecule has 0 spiro atoms. The number of carbonyl (C=O) groups is 1. The minimum Gasteiger partial charge on any atom is -0.489 e. The molecule has 178 valence electrons. The van der Waals surface area contributed by atoms with E-state index in [4.69, 9.17) is 9.84 Å². The van der Waals surface area contributed by atoms with E-state index in [0.717, 1.165) is 24.3 Å². The Labute approximate surface area is 206 Å². The van der Waals surface area contributed by atoms with Gasteiger partial charge in [-0.05, 0) is 53.8 Å². The Morgan fingerprint density at radius 1 is 1.03 bits per heavy atom. The number of fused-ring (bicyclic) bond motifs is 2. The highest BCUT2D eigenvalue weighted by Gasteiger charge is 2.29. The van der Waals surface area contributed by atoms with Crippen molar-refractivity contribution >= 4 is 16.7 Å². The van der Waals surface area contributed by atoms with Crippen molar-refractivity contribution in [3.05, 3.63) is 113 Å². The Balaban J connectivity index is 1.34. The molecule has 0 unspecified atom stereocenters. The largest absolute Gasteiger partial charge is 0.489 e. The average Bonchev–Trinajstić information content (AvgIpc) is 2.86. The van der Waals surface area contributed by atoms with Gasteiger partial charge in [-0.3, -0.25) is 4.79 Å². The van der Waals surface area contributed by atoms with Gasteiger partial charge in [0.05, 0.1) is 6.42 Å². The van der Waals surface area contributed by atoms with Crippen LogP contribution in [0, 0.1) is 6.92 Å². The maximum Gasteiger partial charge on any atom is 0.307 e. The van der Waals surface area contributed by atoms with Crippen molar-refractivity contribution in [2.75, 3.05) is 6.54 Å². The molecule has 1 heterocycles. The Morgan fingerprint density at radius 3 is 2.63 bits per heavy atom. The third kappa shape index (κ3) is 5.08. The molecule has 0 radical (unpaired) electrons. The van der Waals surface area contributed by atoms with Crippen LogP contribution in [0.3, 0.4) is 0 Å². The molecule has 4 nitrogen and oxygen atoms in total. The number of aryl methyl sites for hydroxylation is 1. The van der Waals surface area contributed by atoms with Crippen LogP contribution in [0.4, 0.5) is 0 Å². The molecule has 0 fully saturated rings. The van der Waals surface area contributed by atoms with E-state index in [1.165, 1.54) is 33.0 Å². The predicted octanol–water partition coefficient (Wildman–Crippen LogP) is 6.41. The monoisotopic (exact) mass is 465 g/mol. The number of nitrogens with one attached hydrogen (secondary N) is 1. The van der Waals surface area contributed by atoms with Crippen molar-refractivity contribution in [2.45, 2.75) is 44.8 Å². The van der Waals surface area contributed by atoms with Gasteiger partial charge in [0.25, 0.3) is 0 Å². The number of hydrogen-bond donors (Lipinski definition) is 2. The average molecular weight is 466 g/mol. The van der Waals surface area contributed by atoms with Gasteiger partial charge in [0.15, 0.2) is 0 Å². The van der Waals surface area contributed by atoms with E-state index >= 15 is 0 Å². The van der Waals surface area contributed by atoms with Gasteiger partial charge in [-0.1, -0.05) is 84.4 Å². The van der Waals surface area contributed by atoms with Crippen molar-refractivity contribution in [3.63, 3.8) is 0 Å². The van der Waals surface area contributed by atoms with E-state index < -0.39 is 5.97 Å². The first-order valence-corrected chi connectivity index (χ1v) is 12.3. The molecule has 5 rings (SSSR count). The summed E-state index contributed by atoms with van der Waals surface area (Å²) in [7, 11) is 0. The quantitative estimate of drug-likeness (QED) is 0.331. The second-order valence-electron chi connectivity index (χ2n) is 9.58. The molecule has 0 bridgehead atoms. The van der Waals surface area contributed by atoms with E-state index in [9.17, 15) is 4.79 Å². The van der Waals surface area contributed by atoms with Crippen molar-refractivity contribution < 1.29 is 14.6 Å². The molecule has 3 atom stereocenters. The first-order valence-electron chi connectivity index (χ1n) is 12.3. The zero-order chi connectivity index (χ0) is 24.4. The zero-order valence-corrected chi connectivity index (χ0v) is 20.2. The van der Waals surface area contributed by atoms with Gasteiger partial charge in [-0.2, -0.15) is 0 Å². The van der Waals surface area contributed by atoms with E-state index in [2.05, 4.69) is 79.8 Å². The highest BCUT2D eigenvalue weighted by Crippen LogP contribution is 2.40. The van der Waals surface area contributed by atoms with Crippen LogP contribution in [0.15, 0.2) is 84.9 Å². The lowest BCUT2D eigenvalue weighted by Crippen LogP contribution is -2.37. The molecule has 35 heavy (non-hydrogen) atoms. The lowest BCUT2D eigenvalue weighted by Gasteiger charge is -2.33. The van der Waals surface area contributed by atoms with Crippen LogP contribution in [-0.2, 0) is 11.2 Å². The molecule has 0 amide bonds. The lowest BCUT2D eigenvalue weighted by molar-refractivity contribution is -0.136. The molecule has 0 saturated heterocycles. The van der Waals surface area contributed by atoms with Crippen molar-refractivity contribution in [2.24, 2.45) is 0 Å². The highest BCUT2D eigenvalue weighted by molar-refractivity contribution is 5.86. The molecule has 1 aliphatic heterocycles. The van der Waals surface area contributed by atoms with Crippen LogP contribution >= 0.6 is 0 Å². The molecule has 0 aliphatic carbocycles. The fourth-order valence-electron chi connectivity index (χ4n) is 5.18. The second kappa shape index (κ2) is 9.93. The number of hydrogen-bond acceptors (Lipinski definition) is 3. The number of para-hydroxylation sites is 1. The van der Waals surface area contributed by atoms with E-state index in [1.807, 2.05) is 24.3 Å². The molecular weight excluding hydrogens is 434 g/mol. The van der Waals surface area contributed by atoms with Crippen molar-refractivity contribution in [1.29, 1.82) is 0 Å². The maximum atomic E-state index is 11.1. The van der Waals surface area contributed by atoms with Crippen molar-refractivity contribution in [3.8, 4) is 5.75 Å². The molecule has 2 N–H and O–H groups in total. The third-order valence-corrected chi connectivity index (χ3v) is 7.01. The van der Waals surface area contributed by atoms with E-state index in [1.54, 1.807) is 0 Å². The Bertz CT molecular complexity index is 1350. The standard InChI is InChI=1S/C31H31NO3/c1-20-10-13-23-6-5-8-26(28(23)16-20)21(2)32-19-25-18-29(27-7-3-4-9-30(27)35-25)24-14-11-22(12-15-24)17-31(33)34/h3-16,21,25,29,32H,17-19H2,1-2H3,(H,33,34)/t21-,25-,29+/m1/s1. The number of benzene rings is 4. The van der Waals surface area contributed by atoms with Gasteiger partial charge < -0.3 is 15.2 Å². The predicted molar refractivity (Wildman–Crippen MR) is 140 cm³/mol. The van der Waals surface area contributed by atoms with Gasteiger partial charge in [0.2, 0.25) is 0 Å². The van der Waals surface area contributed by atoms with Crippen LogP contribution in [0.1, 0.15) is 53.1 Å². The summed E-state index contributed by atoms with van der Waals surface area (Å²) < 4.78 is 6.41. The normalized spacial score (nSPS) is 18.0. The SMILES string of the molecule is Cc1ccc2cccc([C@@H](C)NC[C@H]3C[C@@H](c4ccc(CC(=O)O)cc4)c4ccccc4O3)c2c1. The summed E-state index contributed by atoms with van der Waals surface area (Å²) in [5, 5.41) is 15.4. The Kier molecular flexibility index (Phi) is 6.56. The smallest absolute Gasteiger partial charge is 0.307 e. The molecule has 0 saturated carbocycles. The van der Waals surface area contributed by atoms with Gasteiger partial charge in [-0.25, -0.2) is 0 Å². The second-order valence-corrected chi connectivity index (χ2v) is 9.58. The minimum atomic E-state index is -0.809. The summed E-state index contributed by atoms with van der Waals surface area (Å²) in [5.41, 5.74) is 5.76. The summed E-state index contributed by atoms with van der Waals surface area (Å²) in [6.07, 6.45) is 0.944. The first-order chi connectivity index (χ1) is 17.0. The fourth-order valence-corrected chi connectivity index (χ4v) is 5.18. The molecular formula is C31H31NO3. The number of ether oxygens (including phenoxy) is 1. The fraction of sp³-hybridized carbons (Fsp3) is 0.258. The summed E-state index contributed by atoms with van der Waals surface area (Å²) in [6, 6.07) is 29.5. The van der Waals surface area contributed by atoms with Crippen LogP contribution in [-0.4, -0.2) is 23.7 Å². The first kappa shape index (κ1) is 23.1. The molecule has 4 aromatic rings. The number of aliphatic carboxylic acids is 1. The molecule has 1 aliphatic rings. The summed E-state index contributed by atoms with van der Waals surface area (Å²) in [5.74, 6) is 0.329. The van der Waals surface area contributed by atoms with Gasteiger partial charge in [0, 0.05) is 24.1 Å². The number of carboxylic acids is 1. The lowest BCUT2D eigenvalue weighted by atomic mass is 9.83. The van der Waals surface area contributed by atoms with Crippen LogP contribution in [0.5, 0.6) is 5.75 Å². The molecule has 4 aromatic carbocycles. The van der Waals surface area contributed by atoms with Gasteiger partial charge in [0.1, 0.15) is 11.9 Å². The summed E-state index contributed by atoms with van der Waals surface area (Å²) >= 11 is 0. The third-order valence-electron chi connectivity index (χ3n) is 7.01. The van der Waals surface area contributed by atoms with Crippen LogP contribution in [0.2, 0.25) is 0 Å². The van der Waals surface area contributed by atoms with Crippen LogP contribution < -0.4 is 10.1 Å². The maximum absolute atomic E-state index is 11.1. The van der Waals surface area contributed by atoms with E-state index in [0.29, 0.717) is 0 Å². The van der Waals surface area contributed by atoms with Crippen molar-refractivity contribution in [1.82, 2.24) is 5.32 Å². The Hall–Kier alpha value is -3.63. The number of rotatable bonds is 7. The van der Waals surface area contributed by atoms with Gasteiger partial charge >= 0.3 is 5.97 Å². The minimum absolute atomic E-state index is 0.0350. The summed E-state index contributed by atoms with van der Waals surface area (Å²) in [4.78, 5) is 11.1. The zero-order valence-electron chi connectivity index (χ0n) is 20.2. The number of carboxylic acid groups (broad SMARTS) is 1. The Morgan fingerprint density at radius 2 is 1.83 bits per heavy atom. The van der Waals surface area contributed by atoms with Gasteiger partial charge in [-0.15, -0.1) is 0 Å². The summed E-state index contributed by atoms with van der Waals surface area (Å²) in [6.45, 7) is 5.09. The highest BCUT2D eigenvalue weighted by atomic mass is 16.5. The topological polar surface area (TPSA) is 58.6 Å². The molecule has 0 aromatic heterocycles.